The SMILES string of the molecule is CCN(CC)S(=O)(=O)c1ccc(Cl)c(NC(=O)C(c2ccccc2)N2CCCC2)c1. The van der Waals surface area contributed by atoms with E-state index in [9.17, 15) is 13.2 Å². The number of anilines is 1. The summed E-state index contributed by atoms with van der Waals surface area (Å²) in [4.78, 5) is 15.6. The van der Waals surface area contributed by atoms with Crippen LogP contribution in [-0.2, 0) is 14.8 Å². The Labute approximate surface area is 183 Å². The zero-order chi connectivity index (χ0) is 21.7. The fraction of sp³-hybridized carbons (Fsp3) is 0.409. The van der Waals surface area contributed by atoms with Crippen molar-refractivity contribution >= 4 is 33.2 Å². The fourth-order valence-corrected chi connectivity index (χ4v) is 5.49. The molecule has 1 heterocycles. The van der Waals surface area contributed by atoms with Gasteiger partial charge in [0.1, 0.15) is 6.04 Å². The number of hydrogen-bond donors (Lipinski definition) is 1. The predicted molar refractivity (Wildman–Crippen MR) is 120 cm³/mol. The van der Waals surface area contributed by atoms with Crippen molar-refractivity contribution in [2.24, 2.45) is 0 Å². The number of sulfonamides is 1. The molecule has 1 aliphatic rings. The third kappa shape index (κ3) is 4.86. The van der Waals surface area contributed by atoms with Crippen LogP contribution in [0.5, 0.6) is 0 Å². The van der Waals surface area contributed by atoms with Gasteiger partial charge in [-0.05, 0) is 49.7 Å². The Morgan fingerprint density at radius 2 is 1.73 bits per heavy atom. The quantitative estimate of drug-likeness (QED) is 0.657. The van der Waals surface area contributed by atoms with Crippen LogP contribution < -0.4 is 5.32 Å². The second-order valence-electron chi connectivity index (χ2n) is 7.28. The lowest BCUT2D eigenvalue weighted by atomic mass is 10.0. The van der Waals surface area contributed by atoms with Crippen LogP contribution in [0.4, 0.5) is 5.69 Å². The molecule has 1 aliphatic heterocycles. The van der Waals surface area contributed by atoms with Crippen LogP contribution in [0.2, 0.25) is 5.02 Å². The van der Waals surface area contributed by atoms with Crippen molar-refractivity contribution in [1.82, 2.24) is 9.21 Å². The van der Waals surface area contributed by atoms with Gasteiger partial charge in [-0.1, -0.05) is 55.8 Å². The molecular formula is C22H28ClN3O3S. The summed E-state index contributed by atoms with van der Waals surface area (Å²) >= 11 is 6.31. The molecule has 8 heteroatoms. The molecule has 0 bridgehead atoms. The first-order valence-corrected chi connectivity index (χ1v) is 12.1. The first-order valence-electron chi connectivity index (χ1n) is 10.3. The summed E-state index contributed by atoms with van der Waals surface area (Å²) in [5.41, 5.74) is 1.20. The van der Waals surface area contributed by atoms with Gasteiger partial charge in [-0.25, -0.2) is 8.42 Å². The molecule has 30 heavy (non-hydrogen) atoms. The van der Waals surface area contributed by atoms with Gasteiger partial charge in [0.05, 0.1) is 15.6 Å². The van der Waals surface area contributed by atoms with Gasteiger partial charge in [-0.2, -0.15) is 4.31 Å². The first kappa shape index (κ1) is 22.7. The number of amides is 1. The van der Waals surface area contributed by atoms with Crippen LogP contribution in [0.15, 0.2) is 53.4 Å². The molecule has 1 saturated heterocycles. The average molecular weight is 450 g/mol. The van der Waals surface area contributed by atoms with E-state index in [4.69, 9.17) is 11.6 Å². The molecular weight excluding hydrogens is 422 g/mol. The van der Waals surface area contributed by atoms with Crippen molar-refractivity contribution in [3.63, 3.8) is 0 Å². The van der Waals surface area contributed by atoms with E-state index >= 15 is 0 Å². The van der Waals surface area contributed by atoms with Crippen molar-refractivity contribution in [1.29, 1.82) is 0 Å². The van der Waals surface area contributed by atoms with Gasteiger partial charge in [0, 0.05) is 13.1 Å². The van der Waals surface area contributed by atoms with E-state index < -0.39 is 16.1 Å². The molecule has 1 unspecified atom stereocenters. The number of carbonyl (C=O) groups is 1. The van der Waals surface area contributed by atoms with E-state index in [1.807, 2.05) is 30.3 Å². The highest BCUT2D eigenvalue weighted by atomic mass is 35.5. The minimum Gasteiger partial charge on any atom is -0.323 e. The fourth-order valence-electron chi connectivity index (χ4n) is 3.84. The molecule has 2 aromatic carbocycles. The Morgan fingerprint density at radius 1 is 1.10 bits per heavy atom. The molecule has 1 fully saturated rings. The van der Waals surface area contributed by atoms with Crippen LogP contribution in [0.1, 0.15) is 38.3 Å². The molecule has 0 saturated carbocycles. The highest BCUT2D eigenvalue weighted by Crippen LogP contribution is 2.30. The minimum absolute atomic E-state index is 0.114. The van der Waals surface area contributed by atoms with Crippen molar-refractivity contribution in [3.8, 4) is 0 Å². The van der Waals surface area contributed by atoms with Gasteiger partial charge in [0.2, 0.25) is 15.9 Å². The lowest BCUT2D eigenvalue weighted by Gasteiger charge is -2.27. The summed E-state index contributed by atoms with van der Waals surface area (Å²) in [5, 5.41) is 3.18. The maximum absolute atomic E-state index is 13.3. The molecule has 162 valence electrons. The van der Waals surface area contributed by atoms with Crippen molar-refractivity contribution in [2.45, 2.75) is 37.6 Å². The van der Waals surface area contributed by atoms with Crippen LogP contribution >= 0.6 is 11.6 Å². The van der Waals surface area contributed by atoms with Crippen molar-refractivity contribution in [2.75, 3.05) is 31.5 Å². The molecule has 0 aliphatic carbocycles. The van der Waals surface area contributed by atoms with E-state index in [-0.39, 0.29) is 10.8 Å². The standard InChI is InChI=1S/C22H28ClN3O3S/c1-3-26(4-2)30(28,29)18-12-13-19(23)20(16-18)24-22(27)21(25-14-8-9-15-25)17-10-6-5-7-11-17/h5-7,10-13,16,21H,3-4,8-9,14-15H2,1-2H3,(H,24,27). The van der Waals surface area contributed by atoms with Crippen LogP contribution in [-0.4, -0.2) is 49.7 Å². The number of likely N-dealkylation sites (tertiary alicyclic amines) is 1. The van der Waals surface area contributed by atoms with E-state index in [0.717, 1.165) is 31.5 Å². The largest absolute Gasteiger partial charge is 0.323 e. The molecule has 6 nitrogen and oxygen atoms in total. The normalized spacial score (nSPS) is 16.0. The van der Waals surface area contributed by atoms with E-state index in [1.54, 1.807) is 13.8 Å². The third-order valence-corrected chi connectivity index (χ3v) is 7.78. The predicted octanol–water partition coefficient (Wildman–Crippen LogP) is 4.15. The Bertz CT molecular complexity index is 972. The summed E-state index contributed by atoms with van der Waals surface area (Å²) in [6.07, 6.45) is 2.10. The number of hydrogen-bond acceptors (Lipinski definition) is 4. The lowest BCUT2D eigenvalue weighted by molar-refractivity contribution is -0.121. The van der Waals surface area contributed by atoms with E-state index in [1.165, 1.54) is 22.5 Å². The molecule has 0 spiro atoms. The highest BCUT2D eigenvalue weighted by molar-refractivity contribution is 7.89. The Hall–Kier alpha value is -1.93. The van der Waals surface area contributed by atoms with Gasteiger partial charge in [0.15, 0.2) is 0 Å². The first-order chi connectivity index (χ1) is 14.4. The molecule has 0 radical (unpaired) electrons. The average Bonchev–Trinajstić information content (AvgIpc) is 3.25. The third-order valence-electron chi connectivity index (χ3n) is 5.41. The van der Waals surface area contributed by atoms with Gasteiger partial charge in [-0.15, -0.1) is 0 Å². The monoisotopic (exact) mass is 449 g/mol. The number of rotatable bonds is 8. The lowest BCUT2D eigenvalue weighted by Crippen LogP contribution is -2.35. The number of halogens is 1. The maximum Gasteiger partial charge on any atom is 0.246 e. The van der Waals surface area contributed by atoms with E-state index in [0.29, 0.717) is 23.8 Å². The number of benzene rings is 2. The topological polar surface area (TPSA) is 69.7 Å². The molecule has 2 aromatic rings. The molecule has 1 N–H and O–H groups in total. The van der Waals surface area contributed by atoms with Gasteiger partial charge >= 0.3 is 0 Å². The summed E-state index contributed by atoms with van der Waals surface area (Å²) in [5.74, 6) is -0.220. The van der Waals surface area contributed by atoms with Crippen LogP contribution in [0, 0.1) is 0 Å². The minimum atomic E-state index is -3.65. The highest BCUT2D eigenvalue weighted by Gasteiger charge is 2.30. The zero-order valence-electron chi connectivity index (χ0n) is 17.3. The number of nitrogens with zero attached hydrogens (tertiary/aromatic N) is 2. The molecule has 0 aromatic heterocycles. The Morgan fingerprint density at radius 3 is 2.33 bits per heavy atom. The Balaban J connectivity index is 1.91. The van der Waals surface area contributed by atoms with Gasteiger partial charge < -0.3 is 5.32 Å². The molecule has 1 atom stereocenters. The van der Waals surface area contributed by atoms with Gasteiger partial charge in [-0.3, -0.25) is 9.69 Å². The number of nitrogens with one attached hydrogen (secondary N) is 1. The Kier molecular flexibility index (Phi) is 7.52. The van der Waals surface area contributed by atoms with Crippen molar-refractivity contribution in [3.05, 3.63) is 59.1 Å². The summed E-state index contributed by atoms with van der Waals surface area (Å²) in [7, 11) is -3.65. The molecule has 1 amide bonds. The van der Waals surface area contributed by atoms with Crippen molar-refractivity contribution < 1.29 is 13.2 Å². The second-order valence-corrected chi connectivity index (χ2v) is 9.62. The summed E-state index contributed by atoms with van der Waals surface area (Å²) in [6.45, 7) is 6.01. The molecule has 3 rings (SSSR count). The van der Waals surface area contributed by atoms with Gasteiger partial charge in [0.25, 0.3) is 0 Å². The second kappa shape index (κ2) is 9.92. The summed E-state index contributed by atoms with van der Waals surface area (Å²) < 4.78 is 27.1. The number of carbonyl (C=O) groups excluding carboxylic acids is 1. The summed E-state index contributed by atoms with van der Waals surface area (Å²) in [6, 6.07) is 13.6. The smallest absolute Gasteiger partial charge is 0.246 e. The maximum atomic E-state index is 13.3. The van der Waals surface area contributed by atoms with E-state index in [2.05, 4.69) is 10.2 Å². The van der Waals surface area contributed by atoms with Crippen LogP contribution in [0.3, 0.4) is 0 Å². The zero-order valence-corrected chi connectivity index (χ0v) is 18.9. The van der Waals surface area contributed by atoms with Crippen LogP contribution in [0.25, 0.3) is 0 Å².